The first kappa shape index (κ1) is 15.0. The zero-order valence-electron chi connectivity index (χ0n) is 13.5. The summed E-state index contributed by atoms with van der Waals surface area (Å²) in [5.74, 6) is 1.29. The molecule has 25 heavy (non-hydrogen) atoms. The summed E-state index contributed by atoms with van der Waals surface area (Å²) < 4.78 is 10.9. The van der Waals surface area contributed by atoms with Crippen LogP contribution in [0.4, 0.5) is 0 Å². The van der Waals surface area contributed by atoms with Crippen molar-refractivity contribution in [2.75, 3.05) is 6.61 Å². The van der Waals surface area contributed by atoms with E-state index in [0.29, 0.717) is 17.9 Å². The molecule has 2 aromatic heterocycles. The molecule has 0 aliphatic carbocycles. The summed E-state index contributed by atoms with van der Waals surface area (Å²) in [6.07, 6.45) is 3.09. The highest BCUT2D eigenvalue weighted by Gasteiger charge is 2.13. The standard InChI is InChI=1S/C19H14N4O2/c1-2-24-17-8-15-16(7-14(17)9-20)22-23-19(15)13-5-3-12(4-6-13)18-10-21-11-25-18/h3-8,10-11H,2H2,1H3,(H,22,23). The van der Waals surface area contributed by atoms with Crippen LogP contribution in [0.2, 0.25) is 0 Å². The Kier molecular flexibility index (Phi) is 3.67. The molecule has 0 fully saturated rings. The van der Waals surface area contributed by atoms with Crippen molar-refractivity contribution in [2.24, 2.45) is 0 Å². The van der Waals surface area contributed by atoms with E-state index < -0.39 is 0 Å². The van der Waals surface area contributed by atoms with Crippen LogP contribution in [0.3, 0.4) is 0 Å². The van der Waals surface area contributed by atoms with Crippen LogP contribution in [0.1, 0.15) is 12.5 Å². The van der Waals surface area contributed by atoms with E-state index in [0.717, 1.165) is 33.5 Å². The van der Waals surface area contributed by atoms with Crippen LogP contribution in [0.5, 0.6) is 5.75 Å². The molecule has 2 aromatic carbocycles. The number of fused-ring (bicyclic) bond motifs is 1. The number of benzene rings is 2. The molecular weight excluding hydrogens is 316 g/mol. The maximum Gasteiger partial charge on any atom is 0.181 e. The van der Waals surface area contributed by atoms with Crippen molar-refractivity contribution in [3.8, 4) is 34.4 Å². The molecule has 0 spiro atoms. The molecule has 0 unspecified atom stereocenters. The molecule has 0 saturated heterocycles. The quantitative estimate of drug-likeness (QED) is 0.607. The summed E-state index contributed by atoms with van der Waals surface area (Å²) >= 11 is 0. The number of aromatic nitrogens is 3. The third-order valence-corrected chi connectivity index (χ3v) is 3.96. The summed E-state index contributed by atoms with van der Waals surface area (Å²) in [5.41, 5.74) is 4.01. The number of hydrogen-bond acceptors (Lipinski definition) is 5. The van der Waals surface area contributed by atoms with Crippen LogP contribution in [-0.4, -0.2) is 21.8 Å². The molecule has 0 bridgehead atoms. The second kappa shape index (κ2) is 6.13. The molecule has 2 heterocycles. The van der Waals surface area contributed by atoms with Gasteiger partial charge in [0, 0.05) is 16.5 Å². The van der Waals surface area contributed by atoms with Crippen LogP contribution < -0.4 is 4.74 Å². The first-order chi connectivity index (χ1) is 12.3. The molecule has 122 valence electrons. The van der Waals surface area contributed by atoms with E-state index in [2.05, 4.69) is 21.3 Å². The first-order valence-corrected chi connectivity index (χ1v) is 7.84. The van der Waals surface area contributed by atoms with Gasteiger partial charge in [0.15, 0.2) is 12.2 Å². The van der Waals surface area contributed by atoms with Crippen molar-refractivity contribution >= 4 is 10.9 Å². The number of nitriles is 1. The highest BCUT2D eigenvalue weighted by atomic mass is 16.5. The monoisotopic (exact) mass is 330 g/mol. The summed E-state index contributed by atoms with van der Waals surface area (Å²) in [7, 11) is 0. The van der Waals surface area contributed by atoms with Crippen molar-refractivity contribution in [3.05, 3.63) is 54.6 Å². The van der Waals surface area contributed by atoms with Crippen molar-refractivity contribution in [2.45, 2.75) is 6.92 Å². The van der Waals surface area contributed by atoms with Crippen LogP contribution in [-0.2, 0) is 0 Å². The highest BCUT2D eigenvalue weighted by molar-refractivity contribution is 5.95. The summed E-state index contributed by atoms with van der Waals surface area (Å²) in [4.78, 5) is 3.93. The largest absolute Gasteiger partial charge is 0.492 e. The SMILES string of the molecule is CCOc1cc2c(-c3ccc(-c4cnco4)cc3)n[nH]c2cc1C#N. The van der Waals surface area contributed by atoms with E-state index in [1.165, 1.54) is 6.39 Å². The van der Waals surface area contributed by atoms with Crippen molar-refractivity contribution < 1.29 is 9.15 Å². The number of hydrogen-bond donors (Lipinski definition) is 1. The average molecular weight is 330 g/mol. The smallest absolute Gasteiger partial charge is 0.181 e. The van der Waals surface area contributed by atoms with Gasteiger partial charge in [0.2, 0.25) is 0 Å². The number of rotatable bonds is 4. The zero-order chi connectivity index (χ0) is 17.2. The van der Waals surface area contributed by atoms with Gasteiger partial charge >= 0.3 is 0 Å². The van der Waals surface area contributed by atoms with E-state index in [4.69, 9.17) is 9.15 Å². The average Bonchev–Trinajstić information content (AvgIpc) is 3.31. The molecule has 0 radical (unpaired) electrons. The predicted octanol–water partition coefficient (Wildman–Crippen LogP) is 4.16. The van der Waals surface area contributed by atoms with Gasteiger partial charge in [-0.2, -0.15) is 10.4 Å². The fourth-order valence-corrected chi connectivity index (χ4v) is 2.78. The second-order valence-electron chi connectivity index (χ2n) is 5.45. The molecule has 0 aliphatic rings. The summed E-state index contributed by atoms with van der Waals surface area (Å²) in [6.45, 7) is 2.39. The molecule has 6 nitrogen and oxygen atoms in total. The van der Waals surface area contributed by atoms with Gasteiger partial charge in [0.1, 0.15) is 17.5 Å². The molecule has 0 atom stereocenters. The molecule has 0 amide bonds. The number of oxazole rings is 1. The van der Waals surface area contributed by atoms with E-state index in [-0.39, 0.29) is 0 Å². The number of H-pyrrole nitrogens is 1. The third kappa shape index (κ3) is 2.62. The number of aromatic amines is 1. The van der Waals surface area contributed by atoms with Gasteiger partial charge in [-0.1, -0.05) is 24.3 Å². The van der Waals surface area contributed by atoms with E-state index in [1.54, 1.807) is 12.3 Å². The minimum absolute atomic E-state index is 0.491. The topological polar surface area (TPSA) is 87.7 Å². The first-order valence-electron chi connectivity index (χ1n) is 7.84. The number of nitrogens with one attached hydrogen (secondary N) is 1. The Morgan fingerprint density at radius 3 is 2.68 bits per heavy atom. The van der Waals surface area contributed by atoms with Crippen LogP contribution in [0.25, 0.3) is 33.5 Å². The van der Waals surface area contributed by atoms with Crippen LogP contribution >= 0.6 is 0 Å². The Morgan fingerprint density at radius 1 is 1.20 bits per heavy atom. The lowest BCUT2D eigenvalue weighted by molar-refractivity contribution is 0.340. The van der Waals surface area contributed by atoms with E-state index >= 15 is 0 Å². The lowest BCUT2D eigenvalue weighted by atomic mass is 10.0. The number of ether oxygens (including phenoxy) is 1. The summed E-state index contributed by atoms with van der Waals surface area (Å²) in [5, 5.41) is 17.6. The second-order valence-corrected chi connectivity index (χ2v) is 5.45. The van der Waals surface area contributed by atoms with Crippen molar-refractivity contribution in [3.63, 3.8) is 0 Å². The molecule has 6 heteroatoms. The van der Waals surface area contributed by atoms with Gasteiger partial charge in [-0.05, 0) is 19.1 Å². The Hall–Kier alpha value is -3.59. The highest BCUT2D eigenvalue weighted by Crippen LogP contribution is 2.32. The molecular formula is C19H14N4O2. The minimum atomic E-state index is 0.491. The lowest BCUT2D eigenvalue weighted by Gasteiger charge is -2.06. The molecule has 0 saturated carbocycles. The van der Waals surface area contributed by atoms with Gasteiger partial charge in [0.05, 0.1) is 23.9 Å². The van der Waals surface area contributed by atoms with E-state index in [9.17, 15) is 5.26 Å². The fraction of sp³-hybridized carbons (Fsp3) is 0.105. The maximum absolute atomic E-state index is 9.27. The van der Waals surface area contributed by atoms with Gasteiger partial charge in [-0.15, -0.1) is 0 Å². The normalized spacial score (nSPS) is 10.7. The predicted molar refractivity (Wildman–Crippen MR) is 92.9 cm³/mol. The molecule has 0 aliphatic heterocycles. The van der Waals surface area contributed by atoms with Crippen molar-refractivity contribution in [1.29, 1.82) is 5.26 Å². The number of nitrogens with zero attached hydrogens (tertiary/aromatic N) is 3. The lowest BCUT2D eigenvalue weighted by Crippen LogP contribution is -1.94. The fourth-order valence-electron chi connectivity index (χ4n) is 2.78. The molecule has 4 aromatic rings. The van der Waals surface area contributed by atoms with Crippen LogP contribution in [0, 0.1) is 11.3 Å². The molecule has 1 N–H and O–H groups in total. The Bertz CT molecular complexity index is 1060. The summed E-state index contributed by atoms with van der Waals surface area (Å²) in [6, 6.07) is 13.7. The van der Waals surface area contributed by atoms with Crippen LogP contribution in [0.15, 0.2) is 53.4 Å². The Labute approximate surface area is 143 Å². The van der Waals surface area contributed by atoms with Gasteiger partial charge in [-0.3, -0.25) is 5.10 Å². The van der Waals surface area contributed by atoms with Gasteiger partial charge in [-0.25, -0.2) is 4.98 Å². The maximum atomic E-state index is 9.27. The third-order valence-electron chi connectivity index (χ3n) is 3.96. The zero-order valence-corrected chi connectivity index (χ0v) is 13.5. The Balaban J connectivity index is 1.79. The van der Waals surface area contributed by atoms with E-state index in [1.807, 2.05) is 37.3 Å². The molecule has 4 rings (SSSR count). The van der Waals surface area contributed by atoms with Gasteiger partial charge in [0.25, 0.3) is 0 Å². The minimum Gasteiger partial charge on any atom is -0.492 e. The van der Waals surface area contributed by atoms with Gasteiger partial charge < -0.3 is 9.15 Å². The van der Waals surface area contributed by atoms with Crippen molar-refractivity contribution in [1.82, 2.24) is 15.2 Å². The Morgan fingerprint density at radius 2 is 2.00 bits per heavy atom.